The minimum atomic E-state index is 0.0510. The fourth-order valence-corrected chi connectivity index (χ4v) is 2.83. The minimum absolute atomic E-state index is 0.0510. The zero-order chi connectivity index (χ0) is 14.7. The topological polar surface area (TPSA) is 38.0 Å². The van der Waals surface area contributed by atoms with Gasteiger partial charge in [0, 0.05) is 12.5 Å². The molecule has 4 heteroatoms. The Labute approximate surface area is 125 Å². The first-order chi connectivity index (χ1) is 9.58. The second-order valence-electron chi connectivity index (χ2n) is 5.10. The third kappa shape index (κ3) is 2.89. The molecule has 1 heterocycles. The standard InChI is InChI=1S/C16H21ClN2O/c1-4-19-15(16(17)12(3)18-19)9-13(10-20)14-8-6-5-7-11(14)2/h5-8,13,20H,4,9-10H2,1-3H3. The van der Waals surface area contributed by atoms with E-state index in [0.717, 1.165) is 23.0 Å². The van der Waals surface area contributed by atoms with Crippen molar-refractivity contribution in [1.29, 1.82) is 0 Å². The van der Waals surface area contributed by atoms with Crippen molar-refractivity contribution in [2.75, 3.05) is 6.61 Å². The van der Waals surface area contributed by atoms with E-state index >= 15 is 0 Å². The first-order valence-electron chi connectivity index (χ1n) is 6.96. The van der Waals surface area contributed by atoms with Gasteiger partial charge in [-0.1, -0.05) is 35.9 Å². The summed E-state index contributed by atoms with van der Waals surface area (Å²) in [5, 5.41) is 14.9. The zero-order valence-corrected chi connectivity index (χ0v) is 13.0. The van der Waals surface area contributed by atoms with Gasteiger partial charge in [0.05, 0.1) is 23.0 Å². The molecule has 0 aliphatic heterocycles. The van der Waals surface area contributed by atoms with Crippen LogP contribution in [0.15, 0.2) is 24.3 Å². The summed E-state index contributed by atoms with van der Waals surface area (Å²) in [6.45, 7) is 6.93. The Morgan fingerprint density at radius 3 is 2.60 bits per heavy atom. The number of aliphatic hydroxyl groups excluding tert-OH is 1. The van der Waals surface area contributed by atoms with Crippen LogP contribution in [0.3, 0.4) is 0 Å². The largest absolute Gasteiger partial charge is 0.396 e. The smallest absolute Gasteiger partial charge is 0.0847 e. The molecule has 0 radical (unpaired) electrons. The highest BCUT2D eigenvalue weighted by molar-refractivity contribution is 6.31. The van der Waals surface area contributed by atoms with Crippen molar-refractivity contribution in [3.05, 3.63) is 51.8 Å². The van der Waals surface area contributed by atoms with Crippen LogP contribution in [0.5, 0.6) is 0 Å². The van der Waals surface area contributed by atoms with Crippen LogP contribution in [-0.4, -0.2) is 21.5 Å². The van der Waals surface area contributed by atoms with Gasteiger partial charge in [-0.2, -0.15) is 5.10 Å². The van der Waals surface area contributed by atoms with Gasteiger partial charge in [0.1, 0.15) is 0 Å². The van der Waals surface area contributed by atoms with E-state index in [9.17, 15) is 5.11 Å². The van der Waals surface area contributed by atoms with Crippen molar-refractivity contribution in [3.63, 3.8) is 0 Å². The number of halogens is 1. The van der Waals surface area contributed by atoms with Gasteiger partial charge in [-0.05, 0) is 38.3 Å². The van der Waals surface area contributed by atoms with Crippen molar-refractivity contribution >= 4 is 11.6 Å². The lowest BCUT2D eigenvalue weighted by Gasteiger charge is -2.18. The van der Waals surface area contributed by atoms with Crippen molar-refractivity contribution in [3.8, 4) is 0 Å². The SMILES string of the molecule is CCn1nc(C)c(Cl)c1CC(CO)c1ccccc1C. The highest BCUT2D eigenvalue weighted by Crippen LogP contribution is 2.28. The molecule has 108 valence electrons. The van der Waals surface area contributed by atoms with E-state index in [1.807, 2.05) is 30.7 Å². The molecular formula is C16H21ClN2O. The van der Waals surface area contributed by atoms with Crippen LogP contribution in [0, 0.1) is 13.8 Å². The third-order valence-electron chi connectivity index (χ3n) is 3.74. The number of aromatic nitrogens is 2. The molecule has 2 rings (SSSR count). The molecule has 0 aliphatic rings. The van der Waals surface area contributed by atoms with Crippen LogP contribution in [0.1, 0.15) is 35.4 Å². The Bertz CT molecular complexity index is 592. The molecule has 1 aromatic heterocycles. The van der Waals surface area contributed by atoms with Gasteiger partial charge in [-0.15, -0.1) is 0 Å². The molecule has 3 nitrogen and oxygen atoms in total. The molecule has 0 saturated carbocycles. The number of aryl methyl sites for hydroxylation is 3. The summed E-state index contributed by atoms with van der Waals surface area (Å²) in [6, 6.07) is 8.17. The summed E-state index contributed by atoms with van der Waals surface area (Å²) in [5.74, 6) is 0.0510. The summed E-state index contributed by atoms with van der Waals surface area (Å²) in [5.41, 5.74) is 4.23. The van der Waals surface area contributed by atoms with Crippen LogP contribution in [0.25, 0.3) is 0 Å². The summed E-state index contributed by atoms with van der Waals surface area (Å²) < 4.78 is 1.93. The van der Waals surface area contributed by atoms with E-state index in [1.54, 1.807) is 0 Å². The molecule has 0 aliphatic carbocycles. The van der Waals surface area contributed by atoms with Crippen LogP contribution < -0.4 is 0 Å². The summed E-state index contributed by atoms with van der Waals surface area (Å²) in [4.78, 5) is 0. The molecule has 2 aromatic rings. The summed E-state index contributed by atoms with van der Waals surface area (Å²) >= 11 is 6.36. The van der Waals surface area contributed by atoms with Crippen molar-refractivity contribution in [1.82, 2.24) is 9.78 Å². The molecule has 0 saturated heterocycles. The van der Waals surface area contributed by atoms with E-state index in [1.165, 1.54) is 11.1 Å². The lowest BCUT2D eigenvalue weighted by atomic mass is 9.91. The van der Waals surface area contributed by atoms with Crippen LogP contribution in [0.2, 0.25) is 5.02 Å². The van der Waals surface area contributed by atoms with Crippen molar-refractivity contribution < 1.29 is 5.11 Å². The zero-order valence-electron chi connectivity index (χ0n) is 12.2. The fraction of sp³-hybridized carbons (Fsp3) is 0.438. The highest BCUT2D eigenvalue weighted by Gasteiger charge is 2.19. The Hall–Kier alpha value is -1.32. The molecule has 0 bridgehead atoms. The first kappa shape index (κ1) is 15.1. The first-order valence-corrected chi connectivity index (χ1v) is 7.34. The maximum Gasteiger partial charge on any atom is 0.0847 e. The van der Waals surface area contributed by atoms with Crippen molar-refractivity contribution in [2.24, 2.45) is 0 Å². The predicted molar refractivity (Wildman–Crippen MR) is 82.4 cm³/mol. The van der Waals surface area contributed by atoms with E-state index in [4.69, 9.17) is 11.6 Å². The average Bonchev–Trinajstić information content (AvgIpc) is 2.73. The van der Waals surface area contributed by atoms with Gasteiger partial charge < -0.3 is 5.11 Å². The number of hydrogen-bond acceptors (Lipinski definition) is 2. The van der Waals surface area contributed by atoms with Crippen LogP contribution >= 0.6 is 11.6 Å². The number of benzene rings is 1. The Balaban J connectivity index is 2.34. The molecule has 1 atom stereocenters. The Morgan fingerprint density at radius 2 is 2.00 bits per heavy atom. The number of aliphatic hydroxyl groups is 1. The average molecular weight is 293 g/mol. The van der Waals surface area contributed by atoms with Gasteiger partial charge in [-0.25, -0.2) is 0 Å². The van der Waals surface area contributed by atoms with Gasteiger partial charge in [0.15, 0.2) is 0 Å². The normalized spacial score (nSPS) is 12.7. The molecule has 0 amide bonds. The molecule has 1 aromatic carbocycles. The second kappa shape index (κ2) is 6.42. The van der Waals surface area contributed by atoms with Gasteiger partial charge >= 0.3 is 0 Å². The number of rotatable bonds is 5. The monoisotopic (exact) mass is 292 g/mol. The Kier molecular flexibility index (Phi) is 4.84. The maximum absolute atomic E-state index is 9.75. The van der Waals surface area contributed by atoms with Crippen molar-refractivity contribution in [2.45, 2.75) is 39.7 Å². The molecular weight excluding hydrogens is 272 g/mol. The lowest BCUT2D eigenvalue weighted by molar-refractivity contribution is 0.262. The molecule has 20 heavy (non-hydrogen) atoms. The molecule has 1 unspecified atom stereocenters. The fourth-order valence-electron chi connectivity index (χ4n) is 2.62. The summed E-state index contributed by atoms with van der Waals surface area (Å²) in [7, 11) is 0. The predicted octanol–water partition coefficient (Wildman–Crippen LogP) is 3.49. The third-order valence-corrected chi connectivity index (χ3v) is 4.23. The van der Waals surface area contributed by atoms with Gasteiger partial charge in [0.25, 0.3) is 0 Å². The van der Waals surface area contributed by atoms with E-state index in [0.29, 0.717) is 6.42 Å². The Morgan fingerprint density at radius 1 is 1.30 bits per heavy atom. The van der Waals surface area contributed by atoms with E-state index in [-0.39, 0.29) is 12.5 Å². The lowest BCUT2D eigenvalue weighted by Crippen LogP contribution is -2.13. The van der Waals surface area contributed by atoms with Crippen LogP contribution in [0.4, 0.5) is 0 Å². The number of nitrogens with zero attached hydrogens (tertiary/aromatic N) is 2. The minimum Gasteiger partial charge on any atom is -0.396 e. The van der Waals surface area contributed by atoms with Crippen LogP contribution in [-0.2, 0) is 13.0 Å². The quantitative estimate of drug-likeness (QED) is 0.916. The maximum atomic E-state index is 9.75. The van der Waals surface area contributed by atoms with Gasteiger partial charge in [-0.3, -0.25) is 4.68 Å². The molecule has 0 spiro atoms. The van der Waals surface area contributed by atoms with Gasteiger partial charge in [0.2, 0.25) is 0 Å². The van der Waals surface area contributed by atoms with E-state index < -0.39 is 0 Å². The molecule has 0 fully saturated rings. The summed E-state index contributed by atoms with van der Waals surface area (Å²) in [6.07, 6.45) is 0.703. The highest BCUT2D eigenvalue weighted by atomic mass is 35.5. The molecule has 1 N–H and O–H groups in total. The van der Waals surface area contributed by atoms with E-state index in [2.05, 4.69) is 24.2 Å². The second-order valence-corrected chi connectivity index (χ2v) is 5.48. The number of hydrogen-bond donors (Lipinski definition) is 1.